The second-order valence-corrected chi connectivity index (χ2v) is 8.23. The van der Waals surface area contributed by atoms with E-state index in [9.17, 15) is 12.8 Å². The molecule has 0 radical (unpaired) electrons. The first-order chi connectivity index (χ1) is 11.4. The number of aliphatic imine (C=N–C) groups is 1. The van der Waals surface area contributed by atoms with Gasteiger partial charge in [0.15, 0.2) is 15.8 Å². The van der Waals surface area contributed by atoms with Crippen LogP contribution in [0.2, 0.25) is 0 Å². The zero-order valence-corrected chi connectivity index (χ0v) is 15.0. The van der Waals surface area contributed by atoms with Gasteiger partial charge in [-0.1, -0.05) is 12.1 Å². The van der Waals surface area contributed by atoms with Gasteiger partial charge in [-0.15, -0.1) is 0 Å². The van der Waals surface area contributed by atoms with E-state index in [0.717, 1.165) is 12.1 Å². The quantitative estimate of drug-likeness (QED) is 0.595. The van der Waals surface area contributed by atoms with Crippen molar-refractivity contribution in [2.24, 2.45) is 4.99 Å². The molecule has 1 fully saturated rings. The molecule has 6 nitrogen and oxygen atoms in total. The van der Waals surface area contributed by atoms with E-state index in [1.54, 1.807) is 20.0 Å². The molecule has 1 aromatic carbocycles. The molecule has 1 saturated heterocycles. The van der Waals surface area contributed by atoms with Crippen LogP contribution in [-0.2, 0) is 16.4 Å². The molecule has 2 N–H and O–H groups in total. The van der Waals surface area contributed by atoms with Crippen molar-refractivity contribution in [2.75, 3.05) is 44.7 Å². The van der Waals surface area contributed by atoms with Gasteiger partial charge in [0.1, 0.15) is 5.82 Å². The van der Waals surface area contributed by atoms with E-state index in [-0.39, 0.29) is 17.3 Å². The van der Waals surface area contributed by atoms with Gasteiger partial charge in [0.05, 0.1) is 11.5 Å². The molecule has 24 heavy (non-hydrogen) atoms. The van der Waals surface area contributed by atoms with Crippen LogP contribution in [0.15, 0.2) is 23.2 Å². The van der Waals surface area contributed by atoms with E-state index < -0.39 is 9.84 Å². The molecule has 2 rings (SSSR count). The zero-order chi connectivity index (χ0) is 17.6. The molecule has 0 amide bonds. The van der Waals surface area contributed by atoms with Gasteiger partial charge in [-0.2, -0.15) is 0 Å². The van der Waals surface area contributed by atoms with Crippen molar-refractivity contribution >= 4 is 15.8 Å². The van der Waals surface area contributed by atoms with E-state index >= 15 is 0 Å². The largest absolute Gasteiger partial charge is 0.355 e. The Kier molecular flexibility index (Phi) is 6.56. The topological polar surface area (TPSA) is 73.8 Å². The van der Waals surface area contributed by atoms with Crippen LogP contribution in [-0.4, -0.2) is 64.0 Å². The molecule has 0 atom stereocenters. The minimum absolute atomic E-state index is 0.211. The van der Waals surface area contributed by atoms with Gasteiger partial charge in [0.25, 0.3) is 0 Å². The normalized spacial score (nSPS) is 18.4. The summed E-state index contributed by atoms with van der Waals surface area (Å²) in [4.78, 5) is 6.26. The number of aryl methyl sites for hydroxylation is 1. The second-order valence-electron chi connectivity index (χ2n) is 5.93. The minimum atomic E-state index is -2.84. The fourth-order valence-corrected chi connectivity index (χ4v) is 3.74. The summed E-state index contributed by atoms with van der Waals surface area (Å²) in [5.74, 6) is 0.899. The minimum Gasteiger partial charge on any atom is -0.355 e. The fourth-order valence-electron chi connectivity index (χ4n) is 2.46. The van der Waals surface area contributed by atoms with Crippen molar-refractivity contribution in [1.29, 1.82) is 0 Å². The maximum Gasteiger partial charge on any atom is 0.191 e. The molecule has 8 heteroatoms. The summed E-state index contributed by atoms with van der Waals surface area (Å²) >= 11 is 0. The summed E-state index contributed by atoms with van der Waals surface area (Å²) in [7, 11) is -1.16. The lowest BCUT2D eigenvalue weighted by atomic mass is 10.1. The van der Waals surface area contributed by atoms with Crippen LogP contribution in [0.5, 0.6) is 0 Å². The third-order valence-electron chi connectivity index (χ3n) is 4.08. The molecule has 1 aliphatic rings. The van der Waals surface area contributed by atoms with Crippen LogP contribution < -0.4 is 10.6 Å². The molecule has 0 unspecified atom stereocenters. The van der Waals surface area contributed by atoms with Gasteiger partial charge in [-0.05, 0) is 24.1 Å². The third kappa shape index (κ3) is 5.76. The average molecular weight is 356 g/mol. The summed E-state index contributed by atoms with van der Waals surface area (Å²) in [5, 5.41) is 6.33. The Balaban J connectivity index is 1.72. The maximum absolute atomic E-state index is 13.5. The number of halogens is 1. The molecule has 1 aliphatic heterocycles. The van der Waals surface area contributed by atoms with Crippen molar-refractivity contribution in [3.05, 3.63) is 35.1 Å². The number of nitrogens with zero attached hydrogens (tertiary/aromatic N) is 2. The van der Waals surface area contributed by atoms with Gasteiger partial charge in [0.2, 0.25) is 0 Å². The molecule has 0 saturated carbocycles. The van der Waals surface area contributed by atoms with Crippen LogP contribution in [0, 0.1) is 12.7 Å². The van der Waals surface area contributed by atoms with Crippen LogP contribution in [0.1, 0.15) is 11.1 Å². The smallest absolute Gasteiger partial charge is 0.191 e. The van der Waals surface area contributed by atoms with Gasteiger partial charge in [-0.3, -0.25) is 9.89 Å². The van der Waals surface area contributed by atoms with Gasteiger partial charge >= 0.3 is 0 Å². The number of guanidine groups is 1. The molecular weight excluding hydrogens is 331 g/mol. The predicted molar refractivity (Wildman–Crippen MR) is 94.4 cm³/mol. The Bertz CT molecular complexity index is 677. The number of hydrogen-bond donors (Lipinski definition) is 2. The Morgan fingerprint density at radius 3 is 2.62 bits per heavy atom. The van der Waals surface area contributed by atoms with Crippen LogP contribution in [0.3, 0.4) is 0 Å². The van der Waals surface area contributed by atoms with Crippen LogP contribution >= 0.6 is 0 Å². The third-order valence-corrected chi connectivity index (χ3v) is 5.69. The lowest BCUT2D eigenvalue weighted by Crippen LogP contribution is -2.45. The first-order valence-electron chi connectivity index (χ1n) is 8.02. The summed E-state index contributed by atoms with van der Waals surface area (Å²) in [6.07, 6.45) is 0. The van der Waals surface area contributed by atoms with Gasteiger partial charge < -0.3 is 10.6 Å². The molecule has 0 aliphatic carbocycles. The number of nitrogens with one attached hydrogen (secondary N) is 2. The number of sulfone groups is 1. The van der Waals surface area contributed by atoms with Crippen LogP contribution in [0.4, 0.5) is 4.39 Å². The molecule has 1 heterocycles. The van der Waals surface area contributed by atoms with E-state index in [1.807, 2.05) is 6.07 Å². The van der Waals surface area contributed by atoms with Crippen molar-refractivity contribution in [3.8, 4) is 0 Å². The van der Waals surface area contributed by atoms with E-state index in [0.29, 0.717) is 37.7 Å². The highest BCUT2D eigenvalue weighted by Crippen LogP contribution is 2.08. The first-order valence-corrected chi connectivity index (χ1v) is 9.84. The average Bonchev–Trinajstić information content (AvgIpc) is 2.55. The summed E-state index contributed by atoms with van der Waals surface area (Å²) in [6.45, 7) is 4.81. The Hall–Kier alpha value is -1.67. The Morgan fingerprint density at radius 2 is 2.00 bits per heavy atom. The standard InChI is InChI=1S/C16H25FN4O2S/c1-13-3-4-14(11-15(13)17)12-20-16(18-2)19-5-6-21-7-9-24(22,23)10-8-21/h3-4,11H,5-10,12H2,1-2H3,(H2,18,19,20). The predicted octanol–water partition coefficient (Wildman–Crippen LogP) is 0.530. The lowest BCUT2D eigenvalue weighted by molar-refractivity contribution is 0.299. The number of benzene rings is 1. The molecule has 0 spiro atoms. The van der Waals surface area contributed by atoms with Crippen molar-refractivity contribution in [1.82, 2.24) is 15.5 Å². The van der Waals surface area contributed by atoms with Crippen molar-refractivity contribution in [3.63, 3.8) is 0 Å². The van der Waals surface area contributed by atoms with Crippen molar-refractivity contribution in [2.45, 2.75) is 13.5 Å². The lowest BCUT2D eigenvalue weighted by Gasteiger charge is -2.26. The summed E-state index contributed by atoms with van der Waals surface area (Å²) in [5.41, 5.74) is 1.48. The monoisotopic (exact) mass is 356 g/mol. The highest BCUT2D eigenvalue weighted by Gasteiger charge is 2.20. The van der Waals surface area contributed by atoms with Crippen LogP contribution in [0.25, 0.3) is 0 Å². The maximum atomic E-state index is 13.5. The van der Waals surface area contributed by atoms with Gasteiger partial charge in [-0.25, -0.2) is 12.8 Å². The van der Waals surface area contributed by atoms with E-state index in [1.165, 1.54) is 6.07 Å². The molecule has 134 valence electrons. The van der Waals surface area contributed by atoms with E-state index in [4.69, 9.17) is 0 Å². The molecule has 0 bridgehead atoms. The SMILES string of the molecule is CN=C(NCCN1CCS(=O)(=O)CC1)NCc1ccc(C)c(F)c1. The summed E-state index contributed by atoms with van der Waals surface area (Å²) < 4.78 is 36.3. The molecular formula is C16H25FN4O2S. The second kappa shape index (κ2) is 8.43. The number of rotatable bonds is 5. The highest BCUT2D eigenvalue weighted by atomic mass is 32.2. The van der Waals surface area contributed by atoms with Gasteiger partial charge in [0, 0.05) is 39.8 Å². The number of hydrogen-bond acceptors (Lipinski definition) is 4. The molecule has 0 aromatic heterocycles. The Morgan fingerprint density at radius 1 is 1.29 bits per heavy atom. The molecule has 1 aromatic rings. The Labute approximate surface area is 143 Å². The van der Waals surface area contributed by atoms with E-state index in [2.05, 4.69) is 20.5 Å². The van der Waals surface area contributed by atoms with Crippen molar-refractivity contribution < 1.29 is 12.8 Å². The summed E-state index contributed by atoms with van der Waals surface area (Å²) in [6, 6.07) is 5.16. The first kappa shape index (κ1) is 18.7. The zero-order valence-electron chi connectivity index (χ0n) is 14.2. The highest BCUT2D eigenvalue weighted by molar-refractivity contribution is 7.91. The fraction of sp³-hybridized carbons (Fsp3) is 0.562.